The summed E-state index contributed by atoms with van der Waals surface area (Å²) in [5.74, 6) is 2.67. The van der Waals surface area contributed by atoms with E-state index in [1.54, 1.807) is 6.08 Å². The fourth-order valence-corrected chi connectivity index (χ4v) is 0.368. The highest BCUT2D eigenvalue weighted by atomic mass is 14.3. The molecule has 0 bridgehead atoms. The van der Waals surface area contributed by atoms with Crippen LogP contribution in [0.5, 0.6) is 0 Å². The number of hydrogen-bond donors (Lipinski definition) is 0. The fourth-order valence-electron chi connectivity index (χ4n) is 0.368. The lowest BCUT2D eigenvalue weighted by atomic mass is 10.4. The second-order valence-corrected chi connectivity index (χ2v) is 1.63. The third-order valence-corrected chi connectivity index (χ3v) is 0.932. The minimum absolute atomic E-state index is 0. The lowest BCUT2D eigenvalue weighted by Crippen LogP contribution is -1.56. The van der Waals surface area contributed by atoms with Crippen LogP contribution in [-0.4, -0.2) is 5.87 Å². The molecule has 1 nitrogen and oxygen atoms in total. The van der Waals surface area contributed by atoms with Gasteiger partial charge in [-0.05, 0) is 18.8 Å². The second kappa shape index (κ2) is 1.27. The van der Waals surface area contributed by atoms with E-state index >= 15 is 0 Å². The Bertz CT molecular complexity index is 90.3. The van der Waals surface area contributed by atoms with Crippen molar-refractivity contribution in [2.45, 2.75) is 12.8 Å². The van der Waals surface area contributed by atoms with Crippen LogP contribution < -0.4 is 0 Å². The lowest BCUT2D eigenvalue weighted by Gasteiger charge is -1.70. The molecule has 1 rings (SSSR count). The number of nitrogens with zero attached hydrogens (tertiary/aromatic N) is 1. The zero-order valence-electron chi connectivity index (χ0n) is 4.52. The zero-order chi connectivity index (χ0) is 4.41. The van der Waals surface area contributed by atoms with E-state index in [0.29, 0.717) is 5.92 Å². The molecule has 0 spiro atoms. The highest BCUT2D eigenvalue weighted by Crippen LogP contribution is 2.28. The third-order valence-electron chi connectivity index (χ3n) is 0.932. The zero-order valence-corrected chi connectivity index (χ0v) is 3.52. The van der Waals surface area contributed by atoms with Gasteiger partial charge in [0.2, 0.25) is 0 Å². The largest absolute Gasteiger partial charge is 1.00 e. The molecule has 0 radical (unpaired) electrons. The van der Waals surface area contributed by atoms with Crippen molar-refractivity contribution in [2.75, 3.05) is 0 Å². The maximum Gasteiger partial charge on any atom is 1.00 e. The van der Waals surface area contributed by atoms with Crippen molar-refractivity contribution in [1.29, 1.82) is 0 Å². The van der Waals surface area contributed by atoms with Gasteiger partial charge in [-0.25, -0.2) is 0 Å². The summed E-state index contributed by atoms with van der Waals surface area (Å²) >= 11 is 0. The summed E-state index contributed by atoms with van der Waals surface area (Å²) in [6, 6.07) is 0. The first kappa shape index (κ1) is 3.63. The van der Waals surface area contributed by atoms with Crippen LogP contribution in [0.15, 0.2) is 6.08 Å². The average molecular weight is 81.1 g/mol. The Balaban J connectivity index is 0.000000360. The van der Waals surface area contributed by atoms with Gasteiger partial charge in [-0.3, -0.25) is 5.87 Å². The van der Waals surface area contributed by atoms with E-state index in [1.165, 1.54) is 12.8 Å². The quantitative estimate of drug-likeness (QED) is 0.424. The molecule has 1 aliphatic carbocycles. The van der Waals surface area contributed by atoms with Gasteiger partial charge in [0.1, 0.15) is 0 Å². The Morgan fingerprint density at radius 3 is 2.67 bits per heavy atom. The predicted molar refractivity (Wildman–Crippen MR) is 26.8 cm³/mol. The monoisotopic (exact) mass is 81.1 g/mol. The van der Waals surface area contributed by atoms with Crippen LogP contribution in [0.3, 0.4) is 0 Å². The minimum atomic E-state index is 0. The molecule has 0 N–H and O–H groups in total. The summed E-state index contributed by atoms with van der Waals surface area (Å²) in [7, 11) is 0. The molecule has 0 aromatic heterocycles. The molecule has 0 amide bonds. The van der Waals surface area contributed by atoms with Crippen LogP contribution in [0.25, 0.3) is 5.41 Å². The van der Waals surface area contributed by atoms with Gasteiger partial charge in [0.05, 0.1) is 0 Å². The molecule has 0 heterocycles. The number of allylic oxidation sites excluding steroid dienone is 1. The topological polar surface area (TPSA) is 22.3 Å². The van der Waals surface area contributed by atoms with E-state index in [0.717, 1.165) is 0 Å². The first-order valence-corrected chi connectivity index (χ1v) is 2.16. The summed E-state index contributed by atoms with van der Waals surface area (Å²) in [6.45, 7) is 0. The van der Waals surface area contributed by atoms with Gasteiger partial charge < -0.3 is 5.41 Å². The molecule has 0 aromatic rings. The van der Waals surface area contributed by atoms with Gasteiger partial charge in [-0.2, -0.15) is 0 Å². The molecule has 1 aliphatic rings. The summed E-state index contributed by atoms with van der Waals surface area (Å²) in [5, 5.41) is 7.97. The fraction of sp³-hybridized carbons (Fsp3) is 0.600. The normalized spacial score (nSPS) is 19.3. The van der Waals surface area contributed by atoms with E-state index in [2.05, 4.69) is 0 Å². The maximum atomic E-state index is 7.97. The van der Waals surface area contributed by atoms with Crippen LogP contribution in [0.1, 0.15) is 14.3 Å². The maximum absolute atomic E-state index is 7.97. The Morgan fingerprint density at radius 1 is 1.83 bits per heavy atom. The predicted octanol–water partition coefficient (Wildman–Crippen LogP) is 1.30. The third kappa shape index (κ3) is 0.697. The standard InChI is InChI=1S/C5H6N/c6-4-3-5-1-2-5/h3,5H,1-2H2/q-1/p+1. The van der Waals surface area contributed by atoms with Crippen LogP contribution in [-0.2, 0) is 0 Å². The van der Waals surface area contributed by atoms with Crippen LogP contribution in [0, 0.1) is 5.92 Å². The van der Waals surface area contributed by atoms with Crippen molar-refractivity contribution in [3.63, 3.8) is 0 Å². The first-order valence-electron chi connectivity index (χ1n) is 2.16. The van der Waals surface area contributed by atoms with Gasteiger partial charge in [0, 0.05) is 0 Å². The van der Waals surface area contributed by atoms with Crippen LogP contribution >= 0.6 is 0 Å². The summed E-state index contributed by atoms with van der Waals surface area (Å²) < 4.78 is 0. The van der Waals surface area contributed by atoms with E-state index in [-0.39, 0.29) is 1.43 Å². The Kier molecular flexibility index (Phi) is 0.771. The molecule has 1 heteroatoms. The molecule has 1 saturated carbocycles. The highest BCUT2D eigenvalue weighted by Gasteiger charge is 2.15. The van der Waals surface area contributed by atoms with Crippen LogP contribution in [0.2, 0.25) is 0 Å². The van der Waals surface area contributed by atoms with Gasteiger partial charge in [0.15, 0.2) is 0 Å². The summed E-state index contributed by atoms with van der Waals surface area (Å²) in [5.41, 5.74) is 0. The molecular formula is C5H7N. The van der Waals surface area contributed by atoms with Gasteiger partial charge >= 0.3 is 1.43 Å². The van der Waals surface area contributed by atoms with Gasteiger partial charge in [0.25, 0.3) is 0 Å². The molecule has 6 heavy (non-hydrogen) atoms. The van der Waals surface area contributed by atoms with Crippen molar-refractivity contribution in [3.05, 3.63) is 11.5 Å². The van der Waals surface area contributed by atoms with Gasteiger partial charge in [-0.15, -0.1) is 0 Å². The molecule has 0 aromatic carbocycles. The van der Waals surface area contributed by atoms with E-state index in [1.807, 2.05) is 5.87 Å². The molecule has 0 atom stereocenters. The van der Waals surface area contributed by atoms with Crippen molar-refractivity contribution in [2.24, 2.45) is 5.92 Å². The molecule has 1 fully saturated rings. The summed E-state index contributed by atoms with van der Waals surface area (Å²) in [6.07, 6.45) is 4.20. The molecular weight excluding hydrogens is 74.1 g/mol. The molecule has 32 valence electrons. The van der Waals surface area contributed by atoms with E-state index < -0.39 is 0 Å². The van der Waals surface area contributed by atoms with Crippen molar-refractivity contribution in [3.8, 4) is 0 Å². The van der Waals surface area contributed by atoms with Gasteiger partial charge in [-0.1, -0.05) is 6.08 Å². The molecule has 0 saturated heterocycles. The Morgan fingerprint density at radius 2 is 2.50 bits per heavy atom. The number of rotatable bonds is 1. The molecule has 0 aliphatic heterocycles. The summed E-state index contributed by atoms with van der Waals surface area (Å²) in [4.78, 5) is 0. The average Bonchev–Trinajstić information content (AvgIpc) is 2.21. The number of hydrogen-bond acceptors (Lipinski definition) is 0. The molecule has 0 unspecified atom stereocenters. The second-order valence-electron chi connectivity index (χ2n) is 1.63. The van der Waals surface area contributed by atoms with Crippen LogP contribution in [0.4, 0.5) is 0 Å². The first-order chi connectivity index (χ1) is 2.93. The van der Waals surface area contributed by atoms with E-state index in [9.17, 15) is 0 Å². The highest BCUT2D eigenvalue weighted by molar-refractivity contribution is 5.55. The smallest absolute Gasteiger partial charge is 0.764 e. The lowest BCUT2D eigenvalue weighted by molar-refractivity contribution is 1.14. The van der Waals surface area contributed by atoms with E-state index in [4.69, 9.17) is 5.41 Å². The Labute approximate surface area is 38.7 Å². The SMILES string of the molecule is [H+].[N-]=C=CC1CC1. The minimum Gasteiger partial charge on any atom is -0.764 e. The van der Waals surface area contributed by atoms with Crippen molar-refractivity contribution >= 4 is 5.87 Å². The Hall–Kier alpha value is -0.550. The van der Waals surface area contributed by atoms with Crippen molar-refractivity contribution in [1.82, 2.24) is 0 Å². The van der Waals surface area contributed by atoms with Crippen molar-refractivity contribution < 1.29 is 1.43 Å².